The summed E-state index contributed by atoms with van der Waals surface area (Å²) in [6.45, 7) is 9.84. The fourth-order valence-electron chi connectivity index (χ4n) is 2.31. The van der Waals surface area contributed by atoms with Crippen LogP contribution >= 0.6 is 0 Å². The zero-order valence-corrected chi connectivity index (χ0v) is 12.4. The maximum absolute atomic E-state index is 12.2. The smallest absolute Gasteiger partial charge is 0.236 e. The van der Waals surface area contributed by atoms with Crippen molar-refractivity contribution in [1.82, 2.24) is 14.7 Å². The fourth-order valence-corrected chi connectivity index (χ4v) is 2.31. The third-order valence-electron chi connectivity index (χ3n) is 3.38. The molecule has 0 N–H and O–H groups in total. The molecule has 19 heavy (non-hydrogen) atoms. The summed E-state index contributed by atoms with van der Waals surface area (Å²) in [5, 5.41) is 8.68. The van der Waals surface area contributed by atoms with Crippen LogP contribution in [0.2, 0.25) is 0 Å². The first-order valence-electron chi connectivity index (χ1n) is 7.08. The normalized spacial score (nSPS) is 16.9. The molecule has 5 nitrogen and oxygen atoms in total. The van der Waals surface area contributed by atoms with Crippen molar-refractivity contribution in [2.75, 3.05) is 52.9 Å². The monoisotopic (exact) mass is 266 g/mol. The first kappa shape index (κ1) is 15.9. The average molecular weight is 266 g/mol. The zero-order valence-electron chi connectivity index (χ0n) is 12.4. The molecule has 0 aromatic carbocycles. The Morgan fingerprint density at radius 2 is 1.95 bits per heavy atom. The number of rotatable bonds is 6. The van der Waals surface area contributed by atoms with Crippen LogP contribution in [0, 0.1) is 17.2 Å². The number of carbonyl (C=O) groups excluding carboxylic acids is 1. The van der Waals surface area contributed by atoms with Gasteiger partial charge in [-0.25, -0.2) is 0 Å². The molecule has 5 heteroatoms. The lowest BCUT2D eigenvalue weighted by molar-refractivity contribution is -0.134. The standard InChI is InChI=1S/C14H26N4O/c1-13(2)11-17(6-4-5-15)12-14(19)18-9-7-16(3)8-10-18/h13H,4,6-12H2,1-3H3. The topological polar surface area (TPSA) is 50.6 Å². The van der Waals surface area contributed by atoms with Gasteiger partial charge in [-0.1, -0.05) is 13.8 Å². The van der Waals surface area contributed by atoms with Gasteiger partial charge in [0.25, 0.3) is 0 Å². The number of hydrogen-bond donors (Lipinski definition) is 0. The Kier molecular flexibility index (Phi) is 6.82. The Hall–Kier alpha value is -1.12. The number of carbonyl (C=O) groups is 1. The fraction of sp³-hybridized carbons (Fsp3) is 0.857. The lowest BCUT2D eigenvalue weighted by atomic mass is 10.2. The van der Waals surface area contributed by atoms with Crippen LogP contribution in [-0.2, 0) is 4.79 Å². The van der Waals surface area contributed by atoms with E-state index in [1.54, 1.807) is 0 Å². The molecule has 1 saturated heterocycles. The summed E-state index contributed by atoms with van der Waals surface area (Å²) in [7, 11) is 2.08. The van der Waals surface area contributed by atoms with E-state index in [4.69, 9.17) is 5.26 Å². The van der Waals surface area contributed by atoms with Crippen molar-refractivity contribution in [3.63, 3.8) is 0 Å². The van der Waals surface area contributed by atoms with Crippen LogP contribution in [0.5, 0.6) is 0 Å². The highest BCUT2D eigenvalue weighted by Gasteiger charge is 2.21. The number of piperazine rings is 1. The molecule has 0 spiro atoms. The van der Waals surface area contributed by atoms with Crippen molar-refractivity contribution in [1.29, 1.82) is 5.26 Å². The van der Waals surface area contributed by atoms with Crippen molar-refractivity contribution in [3.05, 3.63) is 0 Å². The maximum atomic E-state index is 12.2. The van der Waals surface area contributed by atoms with Crippen molar-refractivity contribution in [3.8, 4) is 6.07 Å². The summed E-state index contributed by atoms with van der Waals surface area (Å²) < 4.78 is 0. The molecule has 0 bridgehead atoms. The number of likely N-dealkylation sites (N-methyl/N-ethyl adjacent to an activating group) is 1. The molecule has 0 radical (unpaired) electrons. The third-order valence-corrected chi connectivity index (χ3v) is 3.38. The van der Waals surface area contributed by atoms with Crippen LogP contribution in [0.3, 0.4) is 0 Å². The van der Waals surface area contributed by atoms with E-state index in [0.29, 0.717) is 25.4 Å². The van der Waals surface area contributed by atoms with Crippen LogP contribution in [0.15, 0.2) is 0 Å². The van der Waals surface area contributed by atoms with E-state index in [2.05, 4.69) is 36.8 Å². The summed E-state index contributed by atoms with van der Waals surface area (Å²) in [5.74, 6) is 0.714. The molecule has 1 heterocycles. The summed E-state index contributed by atoms with van der Waals surface area (Å²) in [6.07, 6.45) is 0.489. The van der Waals surface area contributed by atoms with Gasteiger partial charge in [0.1, 0.15) is 0 Å². The van der Waals surface area contributed by atoms with Crippen molar-refractivity contribution in [2.24, 2.45) is 5.92 Å². The molecule has 1 rings (SSSR count). The molecular formula is C14H26N4O. The van der Waals surface area contributed by atoms with E-state index >= 15 is 0 Å². The third kappa shape index (κ3) is 6.04. The average Bonchev–Trinajstić information content (AvgIpc) is 2.36. The quantitative estimate of drug-likeness (QED) is 0.707. The molecule has 108 valence electrons. The van der Waals surface area contributed by atoms with Gasteiger partial charge in [0.15, 0.2) is 0 Å². The second-order valence-electron chi connectivity index (χ2n) is 5.72. The molecule has 0 unspecified atom stereocenters. The minimum Gasteiger partial charge on any atom is -0.339 e. The molecule has 1 fully saturated rings. The number of nitrogens with zero attached hydrogens (tertiary/aromatic N) is 4. The molecule has 1 aliphatic heterocycles. The van der Waals surface area contributed by atoms with E-state index in [9.17, 15) is 4.79 Å². The van der Waals surface area contributed by atoms with Crippen molar-refractivity contribution in [2.45, 2.75) is 20.3 Å². The van der Waals surface area contributed by atoms with Crippen LogP contribution in [0.1, 0.15) is 20.3 Å². The predicted octanol–water partition coefficient (Wildman–Crippen LogP) is 0.632. The van der Waals surface area contributed by atoms with Gasteiger partial charge < -0.3 is 9.80 Å². The molecule has 0 aromatic heterocycles. The second-order valence-corrected chi connectivity index (χ2v) is 5.72. The Balaban J connectivity index is 2.43. The lowest BCUT2D eigenvalue weighted by Gasteiger charge is -2.34. The van der Waals surface area contributed by atoms with Gasteiger partial charge in [0.2, 0.25) is 5.91 Å². The maximum Gasteiger partial charge on any atom is 0.236 e. The lowest BCUT2D eigenvalue weighted by Crippen LogP contribution is -2.50. The van der Waals surface area contributed by atoms with Gasteiger partial charge >= 0.3 is 0 Å². The SMILES string of the molecule is CC(C)CN(CCC#N)CC(=O)N1CCN(C)CC1. The van der Waals surface area contributed by atoms with Gasteiger partial charge in [-0.3, -0.25) is 9.69 Å². The molecule has 0 aliphatic carbocycles. The molecule has 1 aliphatic rings. The molecule has 1 amide bonds. The van der Waals surface area contributed by atoms with E-state index < -0.39 is 0 Å². The number of hydrogen-bond acceptors (Lipinski definition) is 4. The highest BCUT2D eigenvalue weighted by atomic mass is 16.2. The summed E-state index contributed by atoms with van der Waals surface area (Å²) in [4.78, 5) is 18.5. The van der Waals surface area contributed by atoms with E-state index in [-0.39, 0.29) is 5.91 Å². The van der Waals surface area contributed by atoms with Gasteiger partial charge in [0.05, 0.1) is 12.6 Å². The highest BCUT2D eigenvalue weighted by molar-refractivity contribution is 5.78. The molecule has 0 saturated carbocycles. The van der Waals surface area contributed by atoms with Crippen LogP contribution in [0.4, 0.5) is 0 Å². The van der Waals surface area contributed by atoms with Crippen molar-refractivity contribution >= 4 is 5.91 Å². The molecule has 0 atom stereocenters. The molecular weight excluding hydrogens is 240 g/mol. The Bertz CT molecular complexity index is 316. The Morgan fingerprint density at radius 3 is 2.47 bits per heavy atom. The van der Waals surface area contributed by atoms with Crippen LogP contribution in [0.25, 0.3) is 0 Å². The minimum absolute atomic E-state index is 0.201. The first-order chi connectivity index (χ1) is 9.02. The Morgan fingerprint density at radius 1 is 1.32 bits per heavy atom. The zero-order chi connectivity index (χ0) is 14.3. The van der Waals surface area contributed by atoms with Gasteiger partial charge in [-0.2, -0.15) is 5.26 Å². The highest BCUT2D eigenvalue weighted by Crippen LogP contribution is 2.04. The van der Waals surface area contributed by atoms with Crippen molar-refractivity contribution < 1.29 is 4.79 Å². The van der Waals surface area contributed by atoms with E-state index in [0.717, 1.165) is 32.7 Å². The summed E-state index contributed by atoms with van der Waals surface area (Å²) in [6, 6.07) is 2.16. The van der Waals surface area contributed by atoms with Gasteiger partial charge in [-0.15, -0.1) is 0 Å². The first-order valence-corrected chi connectivity index (χ1v) is 7.08. The number of nitriles is 1. The number of amides is 1. The Labute approximate surface area is 116 Å². The second kappa shape index (κ2) is 8.13. The minimum atomic E-state index is 0.201. The summed E-state index contributed by atoms with van der Waals surface area (Å²) in [5.41, 5.74) is 0. The predicted molar refractivity (Wildman–Crippen MR) is 75.6 cm³/mol. The van der Waals surface area contributed by atoms with Crippen LogP contribution < -0.4 is 0 Å². The van der Waals surface area contributed by atoms with E-state index in [1.165, 1.54) is 0 Å². The largest absolute Gasteiger partial charge is 0.339 e. The van der Waals surface area contributed by atoms with Gasteiger partial charge in [-0.05, 0) is 13.0 Å². The summed E-state index contributed by atoms with van der Waals surface area (Å²) >= 11 is 0. The molecule has 0 aromatic rings. The van der Waals surface area contributed by atoms with Crippen LogP contribution in [-0.4, -0.2) is 73.5 Å². The van der Waals surface area contributed by atoms with Gasteiger partial charge in [0, 0.05) is 45.7 Å². The van der Waals surface area contributed by atoms with E-state index in [1.807, 2.05) is 4.90 Å².